The molecule has 0 saturated carbocycles. The Labute approximate surface area is 208 Å². The summed E-state index contributed by atoms with van der Waals surface area (Å²) >= 11 is 0. The molecule has 0 aliphatic heterocycles. The van der Waals surface area contributed by atoms with Crippen molar-refractivity contribution in [2.24, 2.45) is 0 Å². The largest absolute Gasteiger partial charge is 0.478 e. The maximum absolute atomic E-state index is 15.2. The van der Waals surface area contributed by atoms with Crippen molar-refractivity contribution in [3.05, 3.63) is 118 Å². The molecule has 0 amide bonds. The van der Waals surface area contributed by atoms with E-state index in [1.807, 2.05) is 37.3 Å². The average Bonchev–Trinajstić information content (AvgIpc) is 3.12. The molecule has 4 rings (SSSR count). The summed E-state index contributed by atoms with van der Waals surface area (Å²) < 4.78 is 17.3. The molecular formula is C29H27FN2O4. The lowest BCUT2D eigenvalue weighted by atomic mass is 9.98. The van der Waals surface area contributed by atoms with Gasteiger partial charge in [0.1, 0.15) is 0 Å². The number of carboxylic acid groups (broad SMARTS) is 1. The van der Waals surface area contributed by atoms with Crippen LogP contribution in [0.2, 0.25) is 0 Å². The van der Waals surface area contributed by atoms with Crippen LogP contribution in [0.4, 0.5) is 4.39 Å². The van der Waals surface area contributed by atoms with Crippen molar-refractivity contribution < 1.29 is 19.1 Å². The summed E-state index contributed by atoms with van der Waals surface area (Å²) in [5, 5.41) is 9.44. The van der Waals surface area contributed by atoms with Crippen LogP contribution in [0.5, 0.6) is 0 Å². The second kappa shape index (κ2) is 11.0. The molecule has 6 nitrogen and oxygen atoms in total. The zero-order valence-corrected chi connectivity index (χ0v) is 20.0. The summed E-state index contributed by atoms with van der Waals surface area (Å²) in [7, 11) is 0. The fourth-order valence-corrected chi connectivity index (χ4v) is 4.34. The summed E-state index contributed by atoms with van der Waals surface area (Å²) in [5.74, 6) is -2.38. The van der Waals surface area contributed by atoms with E-state index in [1.165, 1.54) is 4.57 Å². The van der Waals surface area contributed by atoms with Crippen molar-refractivity contribution in [3.8, 4) is 11.1 Å². The topological polar surface area (TPSA) is 81.3 Å². The summed E-state index contributed by atoms with van der Waals surface area (Å²) in [4.78, 5) is 37.4. The predicted octanol–water partition coefficient (Wildman–Crippen LogP) is 5.23. The highest BCUT2D eigenvalue weighted by Gasteiger charge is 2.24. The van der Waals surface area contributed by atoms with E-state index in [9.17, 15) is 19.5 Å². The van der Waals surface area contributed by atoms with E-state index in [1.54, 1.807) is 48.5 Å². The normalized spacial score (nSPS) is 10.9. The van der Waals surface area contributed by atoms with Gasteiger partial charge in [-0.05, 0) is 41.2 Å². The molecule has 1 N–H and O–H groups in total. The van der Waals surface area contributed by atoms with Gasteiger partial charge in [-0.3, -0.25) is 9.36 Å². The van der Waals surface area contributed by atoms with Gasteiger partial charge in [-0.15, -0.1) is 0 Å². The first-order valence-corrected chi connectivity index (χ1v) is 11.9. The SMILES string of the molecule is CCCc1c(F)n(C(=O)Cc2ccccc2)c(=O)n1CCc1ccc(-c2ccccc2C(=O)O)cc1. The standard InChI is InChI=1S/C29H27FN2O4/c1-2-8-25-27(30)32(26(33)19-21-9-4-3-5-10-21)29(36)31(25)18-17-20-13-15-22(16-14-20)23-11-6-7-12-24(23)28(34)35/h3-7,9-16H,2,8,17-19H2,1H3,(H,34,35). The number of carbonyl (C=O) groups excluding carboxylic acids is 1. The summed E-state index contributed by atoms with van der Waals surface area (Å²) in [5.41, 5.74) is 2.80. The number of hydrogen-bond donors (Lipinski definition) is 1. The Balaban J connectivity index is 1.56. The molecule has 0 aliphatic rings. The first kappa shape index (κ1) is 24.9. The van der Waals surface area contributed by atoms with E-state index in [4.69, 9.17) is 0 Å². The zero-order chi connectivity index (χ0) is 25.7. The van der Waals surface area contributed by atoms with E-state index >= 15 is 4.39 Å². The smallest absolute Gasteiger partial charge is 0.337 e. The fourth-order valence-electron chi connectivity index (χ4n) is 4.34. The van der Waals surface area contributed by atoms with Crippen LogP contribution in [0.25, 0.3) is 11.1 Å². The number of aromatic nitrogens is 2. The lowest BCUT2D eigenvalue weighted by molar-refractivity contribution is 0.0697. The van der Waals surface area contributed by atoms with Crippen LogP contribution in [-0.4, -0.2) is 26.1 Å². The molecule has 184 valence electrons. The van der Waals surface area contributed by atoms with E-state index in [-0.39, 0.29) is 24.2 Å². The number of halogens is 1. The molecule has 1 heterocycles. The molecule has 1 aromatic heterocycles. The monoisotopic (exact) mass is 486 g/mol. The number of rotatable bonds is 9. The number of hydrogen-bond acceptors (Lipinski definition) is 3. The maximum Gasteiger partial charge on any atom is 0.337 e. The summed E-state index contributed by atoms with van der Waals surface area (Å²) in [6.45, 7) is 2.12. The number of carboxylic acids is 1. The van der Waals surface area contributed by atoms with Crippen LogP contribution < -0.4 is 5.69 Å². The van der Waals surface area contributed by atoms with Crippen molar-refractivity contribution in [1.82, 2.24) is 9.13 Å². The molecule has 0 saturated heterocycles. The Kier molecular flexibility index (Phi) is 7.59. The van der Waals surface area contributed by atoms with Gasteiger partial charge in [0.2, 0.25) is 11.9 Å². The molecule has 0 bridgehead atoms. The Morgan fingerprint density at radius 1 is 0.861 bits per heavy atom. The van der Waals surface area contributed by atoms with Gasteiger partial charge >= 0.3 is 11.7 Å². The first-order valence-electron chi connectivity index (χ1n) is 11.9. The van der Waals surface area contributed by atoms with Crippen molar-refractivity contribution in [2.45, 2.75) is 39.2 Å². The zero-order valence-electron chi connectivity index (χ0n) is 20.0. The van der Waals surface area contributed by atoms with Gasteiger partial charge in [0, 0.05) is 6.54 Å². The molecule has 4 aromatic rings. The third kappa shape index (κ3) is 5.20. The quantitative estimate of drug-likeness (QED) is 0.351. The molecule has 0 unspecified atom stereocenters. The molecule has 0 fully saturated rings. The first-order chi connectivity index (χ1) is 17.4. The molecule has 0 aliphatic carbocycles. The fraction of sp³-hybridized carbons (Fsp3) is 0.207. The van der Waals surface area contributed by atoms with Crippen molar-refractivity contribution in [2.75, 3.05) is 0 Å². The van der Waals surface area contributed by atoms with Crippen molar-refractivity contribution in [3.63, 3.8) is 0 Å². The van der Waals surface area contributed by atoms with Gasteiger partial charge in [0.15, 0.2) is 0 Å². The highest BCUT2D eigenvalue weighted by Crippen LogP contribution is 2.24. The van der Waals surface area contributed by atoms with Gasteiger partial charge in [-0.2, -0.15) is 4.39 Å². The average molecular weight is 487 g/mol. The highest BCUT2D eigenvalue weighted by molar-refractivity contribution is 5.96. The Hall–Kier alpha value is -4.26. The second-order valence-electron chi connectivity index (χ2n) is 8.61. The molecule has 0 radical (unpaired) electrons. The lowest BCUT2D eigenvalue weighted by Gasteiger charge is -2.09. The third-order valence-corrected chi connectivity index (χ3v) is 6.16. The second-order valence-corrected chi connectivity index (χ2v) is 8.61. The predicted molar refractivity (Wildman–Crippen MR) is 136 cm³/mol. The van der Waals surface area contributed by atoms with Gasteiger partial charge in [0.25, 0.3) is 0 Å². The van der Waals surface area contributed by atoms with Crippen LogP contribution in [-0.2, 0) is 25.8 Å². The molecule has 0 atom stereocenters. The Morgan fingerprint density at radius 3 is 2.19 bits per heavy atom. The van der Waals surface area contributed by atoms with Crippen molar-refractivity contribution in [1.29, 1.82) is 0 Å². The minimum Gasteiger partial charge on any atom is -0.478 e. The molecule has 7 heteroatoms. The van der Waals surface area contributed by atoms with Crippen LogP contribution in [0.15, 0.2) is 83.7 Å². The number of carbonyl (C=O) groups is 2. The maximum atomic E-state index is 15.2. The molecule has 0 spiro atoms. The summed E-state index contributed by atoms with van der Waals surface area (Å²) in [6, 6.07) is 23.1. The minimum atomic E-state index is -0.995. The Morgan fingerprint density at radius 2 is 1.53 bits per heavy atom. The molecule has 36 heavy (non-hydrogen) atoms. The van der Waals surface area contributed by atoms with E-state index in [2.05, 4.69) is 0 Å². The van der Waals surface area contributed by atoms with Crippen molar-refractivity contribution >= 4 is 11.9 Å². The lowest BCUT2D eigenvalue weighted by Crippen LogP contribution is -2.31. The van der Waals surface area contributed by atoms with Crippen LogP contribution in [0.3, 0.4) is 0 Å². The van der Waals surface area contributed by atoms with Gasteiger partial charge in [-0.25, -0.2) is 14.2 Å². The van der Waals surface area contributed by atoms with E-state index in [0.717, 1.165) is 11.1 Å². The van der Waals surface area contributed by atoms with Crippen LogP contribution >= 0.6 is 0 Å². The Bertz CT molecular complexity index is 1440. The molecule has 3 aromatic carbocycles. The van der Waals surface area contributed by atoms with Gasteiger partial charge in [-0.1, -0.05) is 86.1 Å². The van der Waals surface area contributed by atoms with Gasteiger partial charge < -0.3 is 5.11 Å². The number of nitrogens with zero attached hydrogens (tertiary/aromatic N) is 2. The minimum absolute atomic E-state index is 0.0630. The van der Waals surface area contributed by atoms with E-state index < -0.39 is 23.5 Å². The number of aromatic carboxylic acids is 1. The molecular weight excluding hydrogens is 459 g/mol. The number of aryl methyl sites for hydroxylation is 1. The van der Waals surface area contributed by atoms with Crippen LogP contribution in [0, 0.1) is 5.95 Å². The summed E-state index contributed by atoms with van der Waals surface area (Å²) in [6.07, 6.45) is 1.36. The number of imidazole rings is 1. The number of benzene rings is 3. The van der Waals surface area contributed by atoms with Crippen LogP contribution in [0.1, 0.15) is 45.3 Å². The highest BCUT2D eigenvalue weighted by atomic mass is 19.1. The third-order valence-electron chi connectivity index (χ3n) is 6.16. The van der Waals surface area contributed by atoms with Gasteiger partial charge in [0.05, 0.1) is 17.7 Å². The van der Waals surface area contributed by atoms with E-state index in [0.29, 0.717) is 35.0 Å².